The highest BCUT2D eigenvalue weighted by Gasteiger charge is 2.07. The summed E-state index contributed by atoms with van der Waals surface area (Å²) in [5, 5.41) is 11.8. The predicted octanol–water partition coefficient (Wildman–Crippen LogP) is 2.86. The van der Waals surface area contributed by atoms with Crippen molar-refractivity contribution in [3.05, 3.63) is 28.8 Å². The van der Waals surface area contributed by atoms with Gasteiger partial charge in [0.1, 0.15) is 5.01 Å². The standard InChI is InChI=1S/C13H16N4OS2/c1-8-10(14)4-3-5-11(8)15-12(18)6-7-19-13-17-16-9(2)20-13/h3-5H,6-7,14H2,1-2H3,(H,15,18). The molecule has 0 aliphatic heterocycles. The Kier molecular flexibility index (Phi) is 4.97. The zero-order valence-corrected chi connectivity index (χ0v) is 13.0. The molecule has 0 atom stereocenters. The summed E-state index contributed by atoms with van der Waals surface area (Å²) in [5.41, 5.74) is 8.15. The molecule has 1 aromatic carbocycles. The van der Waals surface area contributed by atoms with Gasteiger partial charge >= 0.3 is 0 Å². The minimum absolute atomic E-state index is 0.0209. The fraction of sp³-hybridized carbons (Fsp3) is 0.308. The first-order chi connectivity index (χ1) is 9.56. The highest BCUT2D eigenvalue weighted by atomic mass is 32.2. The Balaban J connectivity index is 1.82. The van der Waals surface area contributed by atoms with Crippen LogP contribution in [-0.4, -0.2) is 21.9 Å². The molecule has 0 saturated heterocycles. The van der Waals surface area contributed by atoms with Crippen molar-refractivity contribution >= 4 is 40.4 Å². The van der Waals surface area contributed by atoms with Crippen LogP contribution in [0, 0.1) is 13.8 Å². The van der Waals surface area contributed by atoms with E-state index >= 15 is 0 Å². The molecule has 0 fully saturated rings. The number of hydrogen-bond acceptors (Lipinski definition) is 6. The lowest BCUT2D eigenvalue weighted by atomic mass is 10.1. The summed E-state index contributed by atoms with van der Waals surface area (Å²) in [6, 6.07) is 5.50. The van der Waals surface area contributed by atoms with Crippen LogP contribution in [0.2, 0.25) is 0 Å². The van der Waals surface area contributed by atoms with E-state index in [1.165, 1.54) is 0 Å². The van der Waals surface area contributed by atoms with Gasteiger partial charge in [0, 0.05) is 23.5 Å². The van der Waals surface area contributed by atoms with Crippen LogP contribution in [-0.2, 0) is 4.79 Å². The third-order valence-electron chi connectivity index (χ3n) is 2.71. The molecule has 5 nitrogen and oxygen atoms in total. The average Bonchev–Trinajstić information content (AvgIpc) is 2.81. The van der Waals surface area contributed by atoms with E-state index in [1.54, 1.807) is 23.1 Å². The molecule has 20 heavy (non-hydrogen) atoms. The van der Waals surface area contributed by atoms with Crippen LogP contribution in [0.15, 0.2) is 22.5 Å². The number of thioether (sulfide) groups is 1. The van der Waals surface area contributed by atoms with Crippen LogP contribution in [0.1, 0.15) is 17.0 Å². The second-order valence-electron chi connectivity index (χ2n) is 4.25. The lowest BCUT2D eigenvalue weighted by Crippen LogP contribution is -2.13. The molecule has 0 radical (unpaired) electrons. The number of carbonyl (C=O) groups excluding carboxylic acids is 1. The third-order valence-corrected chi connectivity index (χ3v) is 4.69. The Morgan fingerprint density at radius 3 is 2.90 bits per heavy atom. The number of aryl methyl sites for hydroxylation is 1. The molecule has 2 aromatic rings. The monoisotopic (exact) mass is 308 g/mol. The van der Waals surface area contributed by atoms with E-state index in [0.717, 1.165) is 20.6 Å². The van der Waals surface area contributed by atoms with Crippen molar-refractivity contribution in [3.63, 3.8) is 0 Å². The molecule has 0 aliphatic carbocycles. The number of carbonyl (C=O) groups is 1. The van der Waals surface area contributed by atoms with Crippen molar-refractivity contribution in [2.75, 3.05) is 16.8 Å². The number of nitrogens with two attached hydrogens (primary N) is 1. The Bertz CT molecular complexity index is 612. The second kappa shape index (κ2) is 6.71. The van der Waals surface area contributed by atoms with Crippen LogP contribution in [0.25, 0.3) is 0 Å². The number of nitrogen functional groups attached to an aromatic ring is 1. The summed E-state index contributed by atoms with van der Waals surface area (Å²) in [4.78, 5) is 11.9. The summed E-state index contributed by atoms with van der Waals surface area (Å²) >= 11 is 3.09. The van der Waals surface area contributed by atoms with Gasteiger partial charge < -0.3 is 11.1 Å². The second-order valence-corrected chi connectivity index (χ2v) is 6.78. The first kappa shape index (κ1) is 14.8. The fourth-order valence-corrected chi connectivity index (χ4v) is 3.39. The maximum absolute atomic E-state index is 11.9. The zero-order valence-electron chi connectivity index (χ0n) is 11.3. The molecule has 0 spiro atoms. The minimum Gasteiger partial charge on any atom is -0.398 e. The number of hydrogen-bond donors (Lipinski definition) is 2. The first-order valence-corrected chi connectivity index (χ1v) is 7.94. The van der Waals surface area contributed by atoms with Crippen molar-refractivity contribution in [1.82, 2.24) is 10.2 Å². The molecule has 0 unspecified atom stereocenters. The third kappa shape index (κ3) is 3.94. The van der Waals surface area contributed by atoms with Crippen LogP contribution in [0.5, 0.6) is 0 Å². The normalized spacial score (nSPS) is 10.5. The van der Waals surface area contributed by atoms with E-state index in [0.29, 0.717) is 17.9 Å². The van der Waals surface area contributed by atoms with E-state index < -0.39 is 0 Å². The van der Waals surface area contributed by atoms with Crippen molar-refractivity contribution in [2.45, 2.75) is 24.6 Å². The van der Waals surface area contributed by atoms with E-state index in [1.807, 2.05) is 32.0 Å². The highest BCUT2D eigenvalue weighted by Crippen LogP contribution is 2.23. The smallest absolute Gasteiger partial charge is 0.225 e. The highest BCUT2D eigenvalue weighted by molar-refractivity contribution is 8.01. The maximum atomic E-state index is 11.9. The topological polar surface area (TPSA) is 80.9 Å². The summed E-state index contributed by atoms with van der Waals surface area (Å²) < 4.78 is 0.899. The van der Waals surface area contributed by atoms with Crippen molar-refractivity contribution in [3.8, 4) is 0 Å². The molecule has 0 saturated carbocycles. The molecule has 1 aromatic heterocycles. The fourth-order valence-electron chi connectivity index (χ4n) is 1.57. The number of benzene rings is 1. The Hall–Kier alpha value is -1.60. The number of anilines is 2. The van der Waals surface area contributed by atoms with E-state index in [4.69, 9.17) is 5.73 Å². The molecule has 106 valence electrons. The molecule has 0 aliphatic rings. The van der Waals surface area contributed by atoms with Crippen LogP contribution < -0.4 is 11.1 Å². The Labute approximate surface area is 126 Å². The lowest BCUT2D eigenvalue weighted by molar-refractivity contribution is -0.115. The number of aromatic nitrogens is 2. The summed E-state index contributed by atoms with van der Waals surface area (Å²) in [7, 11) is 0. The minimum atomic E-state index is -0.0209. The molecule has 7 heteroatoms. The van der Waals surface area contributed by atoms with Gasteiger partial charge in [-0.1, -0.05) is 29.2 Å². The van der Waals surface area contributed by atoms with Gasteiger partial charge in [0.05, 0.1) is 0 Å². The van der Waals surface area contributed by atoms with Gasteiger partial charge in [0.15, 0.2) is 4.34 Å². The van der Waals surface area contributed by atoms with Gasteiger partial charge in [-0.15, -0.1) is 10.2 Å². The van der Waals surface area contributed by atoms with Gasteiger partial charge in [0.2, 0.25) is 5.91 Å². The van der Waals surface area contributed by atoms with Crippen molar-refractivity contribution < 1.29 is 4.79 Å². The summed E-state index contributed by atoms with van der Waals surface area (Å²) in [5.74, 6) is 0.661. The van der Waals surface area contributed by atoms with Gasteiger partial charge in [-0.05, 0) is 31.5 Å². The van der Waals surface area contributed by atoms with Crippen molar-refractivity contribution in [2.24, 2.45) is 0 Å². The van der Waals surface area contributed by atoms with E-state index in [2.05, 4.69) is 15.5 Å². The molecule has 3 N–H and O–H groups in total. The van der Waals surface area contributed by atoms with E-state index in [-0.39, 0.29) is 5.91 Å². The summed E-state index contributed by atoms with van der Waals surface area (Å²) in [6.07, 6.45) is 0.428. The quantitative estimate of drug-likeness (QED) is 0.656. The zero-order chi connectivity index (χ0) is 14.5. The van der Waals surface area contributed by atoms with Crippen LogP contribution >= 0.6 is 23.1 Å². The van der Waals surface area contributed by atoms with Crippen LogP contribution in [0.4, 0.5) is 11.4 Å². The first-order valence-electron chi connectivity index (χ1n) is 6.14. The Morgan fingerprint density at radius 1 is 1.40 bits per heavy atom. The predicted molar refractivity (Wildman–Crippen MR) is 84.2 cm³/mol. The molecule has 1 amide bonds. The summed E-state index contributed by atoms with van der Waals surface area (Å²) in [6.45, 7) is 3.81. The molecule has 1 heterocycles. The van der Waals surface area contributed by atoms with Gasteiger partial charge in [0.25, 0.3) is 0 Å². The largest absolute Gasteiger partial charge is 0.398 e. The number of amides is 1. The SMILES string of the molecule is Cc1nnc(SCCC(=O)Nc2cccc(N)c2C)s1. The van der Waals surface area contributed by atoms with Crippen molar-refractivity contribution in [1.29, 1.82) is 0 Å². The number of rotatable bonds is 5. The van der Waals surface area contributed by atoms with Gasteiger partial charge in [-0.25, -0.2) is 0 Å². The molecular weight excluding hydrogens is 292 g/mol. The maximum Gasteiger partial charge on any atom is 0.225 e. The molecular formula is C13H16N4OS2. The average molecular weight is 308 g/mol. The van der Waals surface area contributed by atoms with E-state index in [9.17, 15) is 4.79 Å². The number of nitrogens with zero attached hydrogens (tertiary/aromatic N) is 2. The number of nitrogens with one attached hydrogen (secondary N) is 1. The lowest BCUT2D eigenvalue weighted by Gasteiger charge is -2.09. The van der Waals surface area contributed by atoms with Crippen LogP contribution in [0.3, 0.4) is 0 Å². The molecule has 2 rings (SSSR count). The molecule has 0 bridgehead atoms. The Morgan fingerprint density at radius 2 is 2.20 bits per heavy atom. The van der Waals surface area contributed by atoms with Gasteiger partial charge in [-0.3, -0.25) is 4.79 Å². The van der Waals surface area contributed by atoms with Gasteiger partial charge in [-0.2, -0.15) is 0 Å².